The summed E-state index contributed by atoms with van der Waals surface area (Å²) in [7, 11) is 1.66. The number of hydrogen-bond acceptors (Lipinski definition) is 2. The number of ether oxygens (including phenoxy) is 1. The highest BCUT2D eigenvalue weighted by molar-refractivity contribution is 5.27. The minimum absolute atomic E-state index is 0.232. The number of methoxy groups -OCH3 is 1. The van der Waals surface area contributed by atoms with Gasteiger partial charge in [-0.1, -0.05) is 38.8 Å². The van der Waals surface area contributed by atoms with Gasteiger partial charge >= 0.3 is 0 Å². The van der Waals surface area contributed by atoms with Crippen LogP contribution in [0, 0.1) is 5.92 Å². The maximum atomic E-state index is 9.99. The third kappa shape index (κ3) is 5.22. The lowest BCUT2D eigenvalue weighted by Crippen LogP contribution is -2.14. The zero-order valence-corrected chi connectivity index (χ0v) is 11.1. The van der Waals surface area contributed by atoms with Crippen LogP contribution in [0.4, 0.5) is 0 Å². The van der Waals surface area contributed by atoms with E-state index in [9.17, 15) is 5.11 Å². The summed E-state index contributed by atoms with van der Waals surface area (Å²) in [5.41, 5.74) is 1.17. The fourth-order valence-corrected chi connectivity index (χ4v) is 2.19. The summed E-state index contributed by atoms with van der Waals surface area (Å²) in [6.07, 6.45) is 3.78. The molecule has 0 bridgehead atoms. The van der Waals surface area contributed by atoms with Gasteiger partial charge in [-0.15, -0.1) is 0 Å². The second kappa shape index (κ2) is 7.33. The van der Waals surface area contributed by atoms with E-state index < -0.39 is 0 Å². The Bertz CT molecular complexity index is 305. The van der Waals surface area contributed by atoms with Crippen molar-refractivity contribution in [3.63, 3.8) is 0 Å². The van der Waals surface area contributed by atoms with E-state index in [1.54, 1.807) is 7.11 Å². The summed E-state index contributed by atoms with van der Waals surface area (Å²) < 4.78 is 5.11. The lowest BCUT2D eigenvalue weighted by molar-refractivity contribution is 0.143. The summed E-state index contributed by atoms with van der Waals surface area (Å²) >= 11 is 0. The topological polar surface area (TPSA) is 29.5 Å². The van der Waals surface area contributed by atoms with Crippen molar-refractivity contribution < 1.29 is 9.84 Å². The molecular weight excluding hydrogens is 212 g/mol. The van der Waals surface area contributed by atoms with E-state index in [2.05, 4.69) is 13.8 Å². The van der Waals surface area contributed by atoms with Crippen LogP contribution in [0.25, 0.3) is 0 Å². The summed E-state index contributed by atoms with van der Waals surface area (Å²) in [5, 5.41) is 9.99. The molecule has 1 aromatic carbocycles. The van der Waals surface area contributed by atoms with Gasteiger partial charge in [-0.3, -0.25) is 0 Å². The molecule has 2 heteroatoms. The molecule has 0 heterocycles. The van der Waals surface area contributed by atoms with E-state index in [0.29, 0.717) is 5.92 Å². The number of aliphatic hydroxyl groups is 1. The molecular formula is C15H24O2. The van der Waals surface area contributed by atoms with Crippen LogP contribution in [0.1, 0.15) is 38.7 Å². The molecule has 2 unspecified atom stereocenters. The lowest BCUT2D eigenvalue weighted by atomic mass is 9.95. The van der Waals surface area contributed by atoms with Gasteiger partial charge in [-0.05, 0) is 36.5 Å². The second-order valence-electron chi connectivity index (χ2n) is 4.84. The SMILES string of the molecule is CCCC(C)CC(O)Cc1ccc(OC)cc1. The molecule has 2 nitrogen and oxygen atoms in total. The largest absolute Gasteiger partial charge is 0.497 e. The Labute approximate surface area is 105 Å². The highest BCUT2D eigenvalue weighted by Gasteiger charge is 2.10. The first kappa shape index (κ1) is 14.0. The highest BCUT2D eigenvalue weighted by Crippen LogP contribution is 2.17. The molecule has 0 amide bonds. The average molecular weight is 236 g/mol. The minimum atomic E-state index is -0.232. The normalized spacial score (nSPS) is 14.4. The third-order valence-electron chi connectivity index (χ3n) is 3.09. The number of rotatable bonds is 7. The first-order chi connectivity index (χ1) is 8.15. The minimum Gasteiger partial charge on any atom is -0.497 e. The van der Waals surface area contributed by atoms with Crippen LogP contribution in [-0.2, 0) is 6.42 Å². The van der Waals surface area contributed by atoms with E-state index in [1.807, 2.05) is 24.3 Å². The maximum Gasteiger partial charge on any atom is 0.118 e. The fraction of sp³-hybridized carbons (Fsp3) is 0.600. The number of hydrogen-bond donors (Lipinski definition) is 1. The van der Waals surface area contributed by atoms with Crippen molar-refractivity contribution in [2.45, 2.75) is 45.6 Å². The van der Waals surface area contributed by atoms with Crippen molar-refractivity contribution in [1.29, 1.82) is 0 Å². The quantitative estimate of drug-likeness (QED) is 0.786. The van der Waals surface area contributed by atoms with E-state index in [1.165, 1.54) is 18.4 Å². The zero-order chi connectivity index (χ0) is 12.7. The fourth-order valence-electron chi connectivity index (χ4n) is 2.19. The Hall–Kier alpha value is -1.02. The zero-order valence-electron chi connectivity index (χ0n) is 11.1. The Balaban J connectivity index is 2.41. The first-order valence-corrected chi connectivity index (χ1v) is 6.46. The van der Waals surface area contributed by atoms with Gasteiger partial charge in [0.1, 0.15) is 5.75 Å². The van der Waals surface area contributed by atoms with Crippen molar-refractivity contribution in [2.24, 2.45) is 5.92 Å². The predicted octanol–water partition coefficient (Wildman–Crippen LogP) is 3.42. The standard InChI is InChI=1S/C15H24O2/c1-4-5-12(2)10-14(16)11-13-6-8-15(17-3)9-7-13/h6-9,12,14,16H,4-5,10-11H2,1-3H3. The molecule has 17 heavy (non-hydrogen) atoms. The molecule has 0 aromatic heterocycles. The van der Waals surface area contributed by atoms with E-state index >= 15 is 0 Å². The molecule has 2 atom stereocenters. The van der Waals surface area contributed by atoms with Crippen molar-refractivity contribution in [1.82, 2.24) is 0 Å². The molecule has 0 aliphatic rings. The van der Waals surface area contributed by atoms with Crippen LogP contribution < -0.4 is 4.74 Å². The summed E-state index contributed by atoms with van der Waals surface area (Å²) in [5.74, 6) is 1.47. The van der Waals surface area contributed by atoms with Gasteiger partial charge in [-0.2, -0.15) is 0 Å². The van der Waals surface area contributed by atoms with Gasteiger partial charge in [0.2, 0.25) is 0 Å². The Morgan fingerprint density at radius 3 is 2.41 bits per heavy atom. The Morgan fingerprint density at radius 2 is 1.88 bits per heavy atom. The molecule has 0 saturated heterocycles. The highest BCUT2D eigenvalue weighted by atomic mass is 16.5. The van der Waals surface area contributed by atoms with E-state index in [-0.39, 0.29) is 6.10 Å². The van der Waals surface area contributed by atoms with E-state index in [0.717, 1.165) is 18.6 Å². The van der Waals surface area contributed by atoms with Crippen LogP contribution in [0.3, 0.4) is 0 Å². The predicted molar refractivity (Wildman–Crippen MR) is 71.4 cm³/mol. The summed E-state index contributed by atoms with van der Waals surface area (Å²) in [4.78, 5) is 0. The second-order valence-corrected chi connectivity index (χ2v) is 4.84. The van der Waals surface area contributed by atoms with Gasteiger partial charge in [0.15, 0.2) is 0 Å². The molecule has 96 valence electrons. The van der Waals surface area contributed by atoms with Gasteiger partial charge in [0.25, 0.3) is 0 Å². The molecule has 0 spiro atoms. The molecule has 1 N–H and O–H groups in total. The van der Waals surface area contributed by atoms with Gasteiger partial charge in [0, 0.05) is 0 Å². The van der Waals surface area contributed by atoms with Gasteiger partial charge in [0.05, 0.1) is 13.2 Å². The number of benzene rings is 1. The van der Waals surface area contributed by atoms with Crippen molar-refractivity contribution >= 4 is 0 Å². The van der Waals surface area contributed by atoms with E-state index in [4.69, 9.17) is 4.74 Å². The molecule has 0 saturated carbocycles. The summed E-state index contributed by atoms with van der Waals surface area (Å²) in [6.45, 7) is 4.40. The van der Waals surface area contributed by atoms with Crippen LogP contribution in [0.2, 0.25) is 0 Å². The third-order valence-corrected chi connectivity index (χ3v) is 3.09. The first-order valence-electron chi connectivity index (χ1n) is 6.46. The van der Waals surface area contributed by atoms with Crippen molar-refractivity contribution in [3.8, 4) is 5.75 Å². The van der Waals surface area contributed by atoms with Crippen LogP contribution in [0.15, 0.2) is 24.3 Å². The number of aliphatic hydroxyl groups excluding tert-OH is 1. The van der Waals surface area contributed by atoms with Crippen molar-refractivity contribution in [2.75, 3.05) is 7.11 Å². The van der Waals surface area contributed by atoms with Crippen LogP contribution in [-0.4, -0.2) is 18.3 Å². The Kier molecular flexibility index (Phi) is 6.06. The average Bonchev–Trinajstić information content (AvgIpc) is 2.30. The molecule has 1 rings (SSSR count). The molecule has 1 aromatic rings. The van der Waals surface area contributed by atoms with Crippen LogP contribution >= 0.6 is 0 Å². The van der Waals surface area contributed by atoms with Gasteiger partial charge < -0.3 is 9.84 Å². The smallest absolute Gasteiger partial charge is 0.118 e. The lowest BCUT2D eigenvalue weighted by Gasteiger charge is -2.16. The van der Waals surface area contributed by atoms with Gasteiger partial charge in [-0.25, -0.2) is 0 Å². The molecule has 0 aliphatic carbocycles. The maximum absolute atomic E-state index is 9.99. The molecule has 0 fully saturated rings. The van der Waals surface area contributed by atoms with Crippen molar-refractivity contribution in [3.05, 3.63) is 29.8 Å². The van der Waals surface area contributed by atoms with Crippen LogP contribution in [0.5, 0.6) is 5.75 Å². The molecule has 0 aliphatic heterocycles. The Morgan fingerprint density at radius 1 is 1.24 bits per heavy atom. The molecule has 0 radical (unpaired) electrons. The monoisotopic (exact) mass is 236 g/mol. The summed E-state index contributed by atoms with van der Waals surface area (Å²) in [6, 6.07) is 7.92.